The number of aromatic amines is 1. The first-order valence-electron chi connectivity index (χ1n) is 7.28. The average Bonchev–Trinajstić information content (AvgIpc) is 2.45. The van der Waals surface area contributed by atoms with Crippen molar-refractivity contribution in [2.45, 2.75) is 37.6 Å². The lowest BCUT2D eigenvalue weighted by molar-refractivity contribution is -0.147. The third kappa shape index (κ3) is 3.93. The molecule has 0 spiro atoms. The molecule has 5 nitrogen and oxygen atoms in total. The molecule has 0 radical (unpaired) electrons. The van der Waals surface area contributed by atoms with Crippen LogP contribution in [0.15, 0.2) is 29.1 Å². The molecule has 0 unspecified atom stereocenters. The molecule has 2 aromatic rings. The number of halogens is 1. The van der Waals surface area contributed by atoms with Crippen LogP contribution in [0.5, 0.6) is 5.75 Å². The van der Waals surface area contributed by atoms with Gasteiger partial charge >= 0.3 is 5.97 Å². The second-order valence-corrected chi connectivity index (χ2v) is 7.92. The largest absolute Gasteiger partial charge is 0.496 e. The number of fused-ring (bicyclic) bond motifs is 1. The minimum absolute atomic E-state index is 0.241. The molecular weight excluding hydrogens is 362 g/mol. The van der Waals surface area contributed by atoms with Crippen LogP contribution in [0, 0.1) is 0 Å². The Hall–Kier alpha value is -1.82. The zero-order valence-electron chi connectivity index (χ0n) is 13.6. The van der Waals surface area contributed by atoms with Gasteiger partial charge in [-0.25, -0.2) is 0 Å². The summed E-state index contributed by atoms with van der Waals surface area (Å²) < 4.78 is 10.4. The number of pyridine rings is 1. The number of carbonyl (C=O) groups is 1. The van der Waals surface area contributed by atoms with Crippen LogP contribution in [-0.4, -0.2) is 28.5 Å². The van der Waals surface area contributed by atoms with Crippen LogP contribution in [0.4, 0.5) is 0 Å². The Morgan fingerprint density at radius 2 is 2.00 bits per heavy atom. The fraction of sp³-hybridized carbons (Fsp3) is 0.412. The Morgan fingerprint density at radius 1 is 1.35 bits per heavy atom. The summed E-state index contributed by atoms with van der Waals surface area (Å²) in [5, 5.41) is 0.818. The molecule has 0 aliphatic heterocycles. The van der Waals surface area contributed by atoms with Crippen molar-refractivity contribution < 1.29 is 14.3 Å². The summed E-state index contributed by atoms with van der Waals surface area (Å²) in [5.41, 5.74) is 0.930. The number of para-hydroxylation sites is 1. The van der Waals surface area contributed by atoms with E-state index in [0.717, 1.165) is 5.39 Å². The first-order valence-corrected chi connectivity index (χ1v) is 8.07. The van der Waals surface area contributed by atoms with Gasteiger partial charge in [0.2, 0.25) is 0 Å². The molecular formula is C17H20BrNO4. The fourth-order valence-electron chi connectivity index (χ4n) is 2.48. The van der Waals surface area contributed by atoms with Gasteiger partial charge in [-0.1, -0.05) is 28.1 Å². The van der Waals surface area contributed by atoms with E-state index >= 15 is 0 Å². The van der Waals surface area contributed by atoms with E-state index in [1.807, 2.05) is 38.1 Å². The van der Waals surface area contributed by atoms with Crippen molar-refractivity contribution in [2.75, 3.05) is 7.11 Å². The molecule has 1 atom stereocenters. The summed E-state index contributed by atoms with van der Waals surface area (Å²) in [6.45, 7) is 5.14. The minimum Gasteiger partial charge on any atom is -0.496 e. The summed E-state index contributed by atoms with van der Waals surface area (Å²) in [4.78, 5) is 26.7. The second-order valence-electron chi connectivity index (χ2n) is 5.88. The number of carbonyl (C=O) groups excluding carboxylic acids is 1. The molecule has 0 aliphatic carbocycles. The Morgan fingerprint density at radius 3 is 2.57 bits per heavy atom. The van der Waals surface area contributed by atoms with E-state index in [2.05, 4.69) is 20.9 Å². The van der Waals surface area contributed by atoms with Gasteiger partial charge in [0.05, 0.1) is 22.5 Å². The van der Waals surface area contributed by atoms with Gasteiger partial charge in [-0.05, 0) is 26.0 Å². The SMILES string of the molecule is COc1c(C[C@H](OC(C)=O)C(C)(C)Br)c(=O)[nH]c2ccccc12. The van der Waals surface area contributed by atoms with Gasteiger partial charge in [-0.2, -0.15) is 0 Å². The molecule has 1 N–H and O–H groups in total. The van der Waals surface area contributed by atoms with Crippen LogP contribution in [0.3, 0.4) is 0 Å². The van der Waals surface area contributed by atoms with Crippen molar-refractivity contribution >= 4 is 32.8 Å². The first kappa shape index (κ1) is 17.5. The zero-order chi connectivity index (χ0) is 17.2. The highest BCUT2D eigenvalue weighted by molar-refractivity contribution is 9.10. The van der Waals surface area contributed by atoms with E-state index in [1.165, 1.54) is 14.0 Å². The predicted octanol–water partition coefficient (Wildman–Crippen LogP) is 3.18. The Labute approximate surface area is 143 Å². The van der Waals surface area contributed by atoms with Crippen molar-refractivity contribution in [1.29, 1.82) is 0 Å². The quantitative estimate of drug-likeness (QED) is 0.637. The number of alkyl halides is 1. The van der Waals surface area contributed by atoms with Crippen LogP contribution < -0.4 is 10.3 Å². The highest BCUT2D eigenvalue weighted by atomic mass is 79.9. The van der Waals surface area contributed by atoms with Gasteiger partial charge in [-0.3, -0.25) is 9.59 Å². The van der Waals surface area contributed by atoms with Gasteiger partial charge in [0.25, 0.3) is 5.56 Å². The summed E-state index contributed by atoms with van der Waals surface area (Å²) in [5.74, 6) is 0.122. The number of aromatic nitrogens is 1. The molecule has 0 bridgehead atoms. The lowest BCUT2D eigenvalue weighted by atomic mass is 9.97. The van der Waals surface area contributed by atoms with E-state index in [4.69, 9.17) is 9.47 Å². The molecule has 0 saturated heterocycles. The highest BCUT2D eigenvalue weighted by Gasteiger charge is 2.32. The summed E-state index contributed by atoms with van der Waals surface area (Å²) >= 11 is 3.52. The summed E-state index contributed by atoms with van der Waals surface area (Å²) in [6, 6.07) is 7.43. The van der Waals surface area contributed by atoms with Crippen LogP contribution >= 0.6 is 15.9 Å². The van der Waals surface area contributed by atoms with Crippen LogP contribution in [0.25, 0.3) is 10.9 Å². The number of nitrogens with one attached hydrogen (secondary N) is 1. The molecule has 0 fully saturated rings. The second kappa shape index (κ2) is 6.74. The maximum absolute atomic E-state index is 12.5. The standard InChI is InChI=1S/C17H20BrNO4/c1-10(20)23-14(17(2,3)18)9-12-15(22-4)11-7-5-6-8-13(11)19-16(12)21/h5-8,14H,9H2,1-4H3,(H,19,21)/t14-/m0/s1. The predicted molar refractivity (Wildman–Crippen MR) is 93.4 cm³/mol. The third-order valence-corrected chi connectivity index (χ3v) is 4.15. The Bertz CT molecular complexity index is 776. The number of H-pyrrole nitrogens is 1. The van der Waals surface area contributed by atoms with E-state index in [9.17, 15) is 9.59 Å². The lowest BCUT2D eigenvalue weighted by Gasteiger charge is -2.28. The number of esters is 1. The number of methoxy groups -OCH3 is 1. The van der Waals surface area contributed by atoms with Gasteiger partial charge in [0.15, 0.2) is 0 Å². The molecule has 6 heteroatoms. The molecule has 0 saturated carbocycles. The number of rotatable bonds is 5. The monoisotopic (exact) mass is 381 g/mol. The topological polar surface area (TPSA) is 68.4 Å². The van der Waals surface area contributed by atoms with Crippen LogP contribution in [0.2, 0.25) is 0 Å². The van der Waals surface area contributed by atoms with E-state index in [1.54, 1.807) is 0 Å². The normalized spacial score (nSPS) is 12.9. The fourth-order valence-corrected chi connectivity index (χ4v) is 2.74. The van der Waals surface area contributed by atoms with Crippen molar-refractivity contribution in [3.8, 4) is 5.75 Å². The Balaban J connectivity index is 2.55. The highest BCUT2D eigenvalue weighted by Crippen LogP contribution is 2.31. The van der Waals surface area contributed by atoms with E-state index < -0.39 is 16.4 Å². The van der Waals surface area contributed by atoms with Gasteiger partial charge in [-0.15, -0.1) is 0 Å². The molecule has 1 heterocycles. The molecule has 2 rings (SSSR count). The summed E-state index contributed by atoms with van der Waals surface area (Å²) in [6.07, 6.45) is -0.252. The molecule has 23 heavy (non-hydrogen) atoms. The smallest absolute Gasteiger partial charge is 0.302 e. The number of hydrogen-bond donors (Lipinski definition) is 1. The maximum atomic E-state index is 12.5. The van der Waals surface area contributed by atoms with Crippen molar-refractivity contribution in [3.05, 3.63) is 40.2 Å². The third-order valence-electron chi connectivity index (χ3n) is 3.64. The lowest BCUT2D eigenvalue weighted by Crippen LogP contribution is -2.37. The minimum atomic E-state index is -0.504. The molecule has 1 aromatic carbocycles. The van der Waals surface area contributed by atoms with Crippen LogP contribution in [0.1, 0.15) is 26.3 Å². The maximum Gasteiger partial charge on any atom is 0.302 e. The first-order chi connectivity index (χ1) is 10.7. The van der Waals surface area contributed by atoms with Crippen molar-refractivity contribution in [1.82, 2.24) is 4.98 Å². The molecule has 0 aliphatic rings. The zero-order valence-corrected chi connectivity index (χ0v) is 15.2. The van der Waals surface area contributed by atoms with Crippen molar-refractivity contribution in [2.24, 2.45) is 0 Å². The van der Waals surface area contributed by atoms with Crippen molar-refractivity contribution in [3.63, 3.8) is 0 Å². The Kier molecular flexibility index (Phi) is 5.14. The number of ether oxygens (including phenoxy) is 2. The van der Waals surface area contributed by atoms with E-state index in [-0.39, 0.29) is 12.0 Å². The average molecular weight is 382 g/mol. The summed E-state index contributed by atoms with van der Waals surface area (Å²) in [7, 11) is 1.53. The van der Waals surface area contributed by atoms with Crippen LogP contribution in [-0.2, 0) is 16.0 Å². The number of hydrogen-bond acceptors (Lipinski definition) is 4. The van der Waals surface area contributed by atoms with Gasteiger partial charge in [0.1, 0.15) is 11.9 Å². The number of benzene rings is 1. The van der Waals surface area contributed by atoms with Gasteiger partial charge in [0, 0.05) is 18.7 Å². The van der Waals surface area contributed by atoms with E-state index in [0.29, 0.717) is 16.8 Å². The molecule has 124 valence electrons. The molecule has 0 amide bonds. The van der Waals surface area contributed by atoms with Gasteiger partial charge < -0.3 is 14.5 Å². The molecule has 1 aromatic heterocycles.